The zero-order valence-electron chi connectivity index (χ0n) is 12.9. The number of carbonyl (C=O) groups is 1. The van der Waals surface area contributed by atoms with Crippen molar-refractivity contribution in [2.75, 3.05) is 19.4 Å². The Labute approximate surface area is 127 Å². The van der Waals surface area contributed by atoms with Gasteiger partial charge in [0, 0.05) is 39.0 Å². The molecule has 112 valence electrons. The van der Waals surface area contributed by atoms with Gasteiger partial charge in [-0.3, -0.25) is 9.64 Å². The number of hydrogen-bond acceptors (Lipinski definition) is 2. The Balaban J connectivity index is 1.82. The molecule has 1 amide bonds. The number of nitrogens with one attached hydrogen (secondary N) is 1. The molecule has 1 aromatic rings. The molecule has 4 heteroatoms. The molecule has 1 aliphatic rings. The Morgan fingerprint density at radius 3 is 2.48 bits per heavy atom. The molecule has 0 heterocycles. The Kier molecular flexibility index (Phi) is 4.85. The van der Waals surface area contributed by atoms with Gasteiger partial charge in [0.2, 0.25) is 5.91 Å². The zero-order valence-corrected chi connectivity index (χ0v) is 12.9. The monoisotopic (exact) mass is 285 g/mol. The van der Waals surface area contributed by atoms with Gasteiger partial charge in [0.25, 0.3) is 0 Å². The van der Waals surface area contributed by atoms with E-state index in [1.54, 1.807) is 19.0 Å². The molecule has 0 saturated heterocycles. The van der Waals surface area contributed by atoms with Gasteiger partial charge in [-0.15, -0.1) is 0 Å². The highest BCUT2D eigenvalue weighted by atomic mass is 16.2. The van der Waals surface area contributed by atoms with Gasteiger partial charge in [-0.25, -0.2) is 6.57 Å². The minimum absolute atomic E-state index is 0.178. The summed E-state index contributed by atoms with van der Waals surface area (Å²) < 4.78 is 0. The summed E-state index contributed by atoms with van der Waals surface area (Å²) in [6.07, 6.45) is 5.38. The van der Waals surface area contributed by atoms with E-state index in [0.717, 1.165) is 37.8 Å². The maximum absolute atomic E-state index is 11.5. The summed E-state index contributed by atoms with van der Waals surface area (Å²) in [4.78, 5) is 16.9. The summed E-state index contributed by atoms with van der Waals surface area (Å²) in [6.45, 7) is 7.29. The van der Waals surface area contributed by atoms with Crippen LogP contribution in [0.5, 0.6) is 0 Å². The molecule has 4 nitrogen and oxygen atoms in total. The highest BCUT2D eigenvalue weighted by Gasteiger charge is 2.43. The summed E-state index contributed by atoms with van der Waals surface area (Å²) in [7, 11) is 3.58. The van der Waals surface area contributed by atoms with Gasteiger partial charge in [0.05, 0.1) is 0 Å². The predicted molar refractivity (Wildman–Crippen MR) is 84.9 cm³/mol. The van der Waals surface area contributed by atoms with E-state index in [4.69, 9.17) is 6.57 Å². The van der Waals surface area contributed by atoms with Crippen molar-refractivity contribution < 1.29 is 4.79 Å². The lowest BCUT2D eigenvalue weighted by atomic mass is 9.85. The molecular weight excluding hydrogens is 262 g/mol. The summed E-state index contributed by atoms with van der Waals surface area (Å²) >= 11 is 0. The van der Waals surface area contributed by atoms with Crippen molar-refractivity contribution in [2.24, 2.45) is 0 Å². The third-order valence-electron chi connectivity index (χ3n) is 4.08. The standard InChI is InChI=1S/C17H23N3O/c1-18-17(12-5-13-17)19-15-10-8-14(9-11-15)6-4-7-16(21)20(2)3/h8-11,19H,4-7,12-13H2,2-3H3. The first-order valence-electron chi connectivity index (χ1n) is 7.50. The van der Waals surface area contributed by atoms with E-state index in [1.165, 1.54) is 5.56 Å². The van der Waals surface area contributed by atoms with Crippen LogP contribution in [0.2, 0.25) is 0 Å². The molecule has 1 fully saturated rings. The minimum Gasteiger partial charge on any atom is -0.349 e. The number of nitrogens with zero attached hydrogens (tertiary/aromatic N) is 2. The fraction of sp³-hybridized carbons (Fsp3) is 0.529. The first-order chi connectivity index (χ1) is 10.0. The fourth-order valence-corrected chi connectivity index (χ4v) is 2.47. The molecule has 1 aromatic carbocycles. The number of benzene rings is 1. The van der Waals surface area contributed by atoms with Gasteiger partial charge in [-0.1, -0.05) is 12.1 Å². The molecule has 0 atom stereocenters. The third-order valence-corrected chi connectivity index (χ3v) is 4.08. The highest BCUT2D eigenvalue weighted by molar-refractivity contribution is 5.75. The van der Waals surface area contributed by atoms with Gasteiger partial charge in [-0.2, -0.15) is 0 Å². The number of hydrogen-bond donors (Lipinski definition) is 1. The second-order valence-corrected chi connectivity index (χ2v) is 5.96. The third kappa shape index (κ3) is 3.98. The summed E-state index contributed by atoms with van der Waals surface area (Å²) in [6, 6.07) is 8.24. The quantitative estimate of drug-likeness (QED) is 0.814. The lowest BCUT2D eigenvalue weighted by molar-refractivity contribution is -0.128. The summed E-state index contributed by atoms with van der Waals surface area (Å²) in [5.74, 6) is 0.178. The fourth-order valence-electron chi connectivity index (χ4n) is 2.47. The van der Waals surface area contributed by atoms with Crippen LogP contribution in [0.25, 0.3) is 4.85 Å². The molecule has 1 N–H and O–H groups in total. The average molecular weight is 285 g/mol. The lowest BCUT2D eigenvalue weighted by Gasteiger charge is -2.31. The molecule has 0 spiro atoms. The Hall–Kier alpha value is -2.02. The largest absolute Gasteiger partial charge is 0.349 e. The Morgan fingerprint density at radius 1 is 1.33 bits per heavy atom. The van der Waals surface area contributed by atoms with Crippen LogP contribution in [0, 0.1) is 6.57 Å². The number of aryl methyl sites for hydroxylation is 1. The van der Waals surface area contributed by atoms with Crippen LogP contribution in [-0.4, -0.2) is 30.6 Å². The number of anilines is 1. The van der Waals surface area contributed by atoms with Crippen LogP contribution in [0.3, 0.4) is 0 Å². The second-order valence-electron chi connectivity index (χ2n) is 5.96. The van der Waals surface area contributed by atoms with Crippen LogP contribution in [0.4, 0.5) is 5.69 Å². The van der Waals surface area contributed by atoms with Gasteiger partial charge in [-0.05, 0) is 37.0 Å². The van der Waals surface area contributed by atoms with Crippen molar-refractivity contribution in [3.05, 3.63) is 41.2 Å². The maximum Gasteiger partial charge on any atom is 0.305 e. The minimum atomic E-state index is -0.361. The Morgan fingerprint density at radius 2 is 2.00 bits per heavy atom. The Bertz CT molecular complexity index is 524. The van der Waals surface area contributed by atoms with E-state index in [0.29, 0.717) is 6.42 Å². The van der Waals surface area contributed by atoms with Crippen molar-refractivity contribution in [1.29, 1.82) is 0 Å². The van der Waals surface area contributed by atoms with E-state index >= 15 is 0 Å². The summed E-state index contributed by atoms with van der Waals surface area (Å²) in [5, 5.41) is 3.34. The van der Waals surface area contributed by atoms with E-state index in [2.05, 4.69) is 22.3 Å². The first kappa shape index (κ1) is 15.4. The van der Waals surface area contributed by atoms with Crippen molar-refractivity contribution in [1.82, 2.24) is 4.90 Å². The smallest absolute Gasteiger partial charge is 0.305 e. The van der Waals surface area contributed by atoms with Crippen LogP contribution in [0.1, 0.15) is 37.7 Å². The van der Waals surface area contributed by atoms with Crippen LogP contribution in [-0.2, 0) is 11.2 Å². The van der Waals surface area contributed by atoms with Crippen molar-refractivity contribution >= 4 is 11.6 Å². The molecule has 0 unspecified atom stereocenters. The van der Waals surface area contributed by atoms with Gasteiger partial charge >= 0.3 is 5.66 Å². The summed E-state index contributed by atoms with van der Waals surface area (Å²) in [5.41, 5.74) is 1.89. The van der Waals surface area contributed by atoms with Crippen LogP contribution >= 0.6 is 0 Å². The van der Waals surface area contributed by atoms with Gasteiger partial charge in [0.15, 0.2) is 0 Å². The predicted octanol–water partition coefficient (Wildman–Crippen LogP) is 3.31. The number of carbonyl (C=O) groups excluding carboxylic acids is 1. The number of rotatable bonds is 6. The molecule has 0 aliphatic heterocycles. The molecule has 1 aliphatic carbocycles. The molecule has 0 radical (unpaired) electrons. The lowest BCUT2D eigenvalue weighted by Crippen LogP contribution is -2.41. The maximum atomic E-state index is 11.5. The second kappa shape index (κ2) is 6.62. The number of amides is 1. The van der Waals surface area contributed by atoms with E-state index in [1.807, 2.05) is 12.1 Å². The van der Waals surface area contributed by atoms with Crippen molar-refractivity contribution in [3.63, 3.8) is 0 Å². The molecule has 0 bridgehead atoms. The van der Waals surface area contributed by atoms with E-state index < -0.39 is 0 Å². The van der Waals surface area contributed by atoms with Gasteiger partial charge in [0.1, 0.15) is 0 Å². The first-order valence-corrected chi connectivity index (χ1v) is 7.50. The van der Waals surface area contributed by atoms with Crippen molar-refractivity contribution in [2.45, 2.75) is 44.2 Å². The molecule has 21 heavy (non-hydrogen) atoms. The molecule has 2 rings (SSSR count). The zero-order chi connectivity index (χ0) is 15.3. The van der Waals surface area contributed by atoms with Crippen LogP contribution in [0.15, 0.2) is 24.3 Å². The SMILES string of the molecule is [C-]#[N+]C1(Nc2ccc(CCCC(=O)N(C)C)cc2)CCC1. The van der Waals surface area contributed by atoms with E-state index in [-0.39, 0.29) is 11.6 Å². The van der Waals surface area contributed by atoms with Crippen molar-refractivity contribution in [3.8, 4) is 0 Å². The van der Waals surface area contributed by atoms with Gasteiger partial charge < -0.3 is 10.2 Å². The molecular formula is C17H23N3O. The van der Waals surface area contributed by atoms with Crippen LogP contribution < -0.4 is 5.32 Å². The molecule has 1 saturated carbocycles. The average Bonchev–Trinajstić information content (AvgIpc) is 2.44. The molecule has 0 aromatic heterocycles. The topological polar surface area (TPSA) is 36.7 Å². The van der Waals surface area contributed by atoms with E-state index in [9.17, 15) is 4.79 Å². The highest BCUT2D eigenvalue weighted by Crippen LogP contribution is 2.36. The normalized spacial score (nSPS) is 15.7.